The lowest BCUT2D eigenvalue weighted by Gasteiger charge is -2.24. The Hall–Kier alpha value is -2.55. The number of nitrogens with zero attached hydrogens (tertiary/aromatic N) is 3. The minimum Gasteiger partial charge on any atom is -0.356 e. The van der Waals surface area contributed by atoms with Gasteiger partial charge in [0.15, 0.2) is 9.84 Å². The molecule has 0 spiro atoms. The zero-order chi connectivity index (χ0) is 18.0. The highest BCUT2D eigenvalue weighted by molar-refractivity contribution is 7.91. The number of hydrogen-bond acceptors (Lipinski definition) is 6. The van der Waals surface area contributed by atoms with Crippen LogP contribution in [0.2, 0.25) is 0 Å². The normalized spacial score (nSPS) is 18.7. The van der Waals surface area contributed by atoms with Gasteiger partial charge in [0.1, 0.15) is 23.7 Å². The molecule has 1 unspecified atom stereocenters. The van der Waals surface area contributed by atoms with Crippen molar-refractivity contribution in [2.45, 2.75) is 12.5 Å². The van der Waals surface area contributed by atoms with E-state index in [4.69, 9.17) is 0 Å². The van der Waals surface area contributed by atoms with Crippen LogP contribution in [0.3, 0.4) is 0 Å². The van der Waals surface area contributed by atoms with Crippen molar-refractivity contribution in [3.05, 3.63) is 48.2 Å². The number of benzene rings is 1. The summed E-state index contributed by atoms with van der Waals surface area (Å²) in [5.74, 6) is -0.144. The SMILES string of the molecule is CN(c1cc(C(=O)Nc2ccc(F)cc2)ncn1)C1CCS(=O)(=O)C1. The van der Waals surface area contributed by atoms with Crippen LogP contribution in [-0.2, 0) is 9.84 Å². The molecule has 1 N–H and O–H groups in total. The monoisotopic (exact) mass is 364 g/mol. The first kappa shape index (κ1) is 17.3. The molecule has 1 amide bonds. The molecule has 0 saturated carbocycles. The quantitative estimate of drug-likeness (QED) is 0.884. The van der Waals surface area contributed by atoms with Gasteiger partial charge in [0.25, 0.3) is 5.91 Å². The lowest BCUT2D eigenvalue weighted by molar-refractivity contribution is 0.102. The summed E-state index contributed by atoms with van der Waals surface area (Å²) in [6.07, 6.45) is 1.79. The maximum absolute atomic E-state index is 12.9. The van der Waals surface area contributed by atoms with E-state index in [1.165, 1.54) is 36.7 Å². The number of amides is 1. The van der Waals surface area contributed by atoms with Gasteiger partial charge in [-0.3, -0.25) is 4.79 Å². The Bertz CT molecular complexity index is 887. The van der Waals surface area contributed by atoms with E-state index in [1.54, 1.807) is 11.9 Å². The molecule has 1 fully saturated rings. The third-order valence-electron chi connectivity index (χ3n) is 4.10. The molecule has 25 heavy (non-hydrogen) atoms. The van der Waals surface area contributed by atoms with E-state index in [9.17, 15) is 17.6 Å². The zero-order valence-corrected chi connectivity index (χ0v) is 14.3. The first-order chi connectivity index (χ1) is 11.8. The molecule has 0 bridgehead atoms. The molecule has 3 rings (SSSR count). The van der Waals surface area contributed by atoms with Crippen LogP contribution < -0.4 is 10.2 Å². The largest absolute Gasteiger partial charge is 0.356 e. The summed E-state index contributed by atoms with van der Waals surface area (Å²) in [6, 6.07) is 6.72. The molecule has 2 heterocycles. The number of aromatic nitrogens is 2. The van der Waals surface area contributed by atoms with Gasteiger partial charge in [-0.2, -0.15) is 0 Å². The van der Waals surface area contributed by atoms with Gasteiger partial charge in [-0.05, 0) is 30.7 Å². The van der Waals surface area contributed by atoms with Gasteiger partial charge in [0.2, 0.25) is 0 Å². The average Bonchev–Trinajstić information content (AvgIpc) is 2.96. The molecule has 1 aromatic heterocycles. The maximum atomic E-state index is 12.9. The molecule has 132 valence electrons. The molecule has 2 aromatic rings. The minimum atomic E-state index is -3.01. The Morgan fingerprint density at radius 3 is 2.64 bits per heavy atom. The van der Waals surface area contributed by atoms with Gasteiger partial charge < -0.3 is 10.2 Å². The number of carbonyl (C=O) groups is 1. The minimum absolute atomic E-state index is 0.0740. The molecular formula is C16H17FN4O3S. The van der Waals surface area contributed by atoms with E-state index in [0.717, 1.165) is 0 Å². The van der Waals surface area contributed by atoms with Gasteiger partial charge in [-0.1, -0.05) is 0 Å². The van der Waals surface area contributed by atoms with Gasteiger partial charge in [-0.15, -0.1) is 0 Å². The molecule has 9 heteroatoms. The number of rotatable bonds is 4. The Labute approximate surface area is 144 Å². The summed E-state index contributed by atoms with van der Waals surface area (Å²) >= 11 is 0. The van der Waals surface area contributed by atoms with Crippen LogP contribution in [0, 0.1) is 5.82 Å². The molecule has 1 saturated heterocycles. The first-order valence-electron chi connectivity index (χ1n) is 7.66. The van der Waals surface area contributed by atoms with E-state index in [0.29, 0.717) is 17.9 Å². The maximum Gasteiger partial charge on any atom is 0.274 e. The lowest BCUT2D eigenvalue weighted by atomic mass is 10.2. The van der Waals surface area contributed by atoms with Crippen LogP contribution >= 0.6 is 0 Å². The van der Waals surface area contributed by atoms with Crippen molar-refractivity contribution in [1.82, 2.24) is 9.97 Å². The second-order valence-electron chi connectivity index (χ2n) is 5.89. The van der Waals surface area contributed by atoms with E-state index in [-0.39, 0.29) is 23.2 Å². The van der Waals surface area contributed by atoms with Crippen LogP contribution in [0.5, 0.6) is 0 Å². The van der Waals surface area contributed by atoms with Crippen molar-refractivity contribution in [3.8, 4) is 0 Å². The molecule has 1 aliphatic heterocycles. The number of carbonyl (C=O) groups excluding carboxylic acids is 1. The van der Waals surface area contributed by atoms with Gasteiger partial charge in [0, 0.05) is 24.8 Å². The molecule has 1 aliphatic rings. The summed E-state index contributed by atoms with van der Waals surface area (Å²) in [4.78, 5) is 22.1. The summed E-state index contributed by atoms with van der Waals surface area (Å²) in [7, 11) is -1.27. The van der Waals surface area contributed by atoms with Gasteiger partial charge >= 0.3 is 0 Å². The topological polar surface area (TPSA) is 92.3 Å². The second-order valence-corrected chi connectivity index (χ2v) is 8.12. The predicted octanol–water partition coefficient (Wildman–Crippen LogP) is 1.49. The van der Waals surface area contributed by atoms with E-state index < -0.39 is 21.6 Å². The van der Waals surface area contributed by atoms with Gasteiger partial charge in [-0.25, -0.2) is 22.8 Å². The summed E-state index contributed by atoms with van der Waals surface area (Å²) in [5, 5.41) is 2.62. The third-order valence-corrected chi connectivity index (χ3v) is 5.86. The summed E-state index contributed by atoms with van der Waals surface area (Å²) in [6.45, 7) is 0. The number of anilines is 2. The summed E-state index contributed by atoms with van der Waals surface area (Å²) < 4.78 is 36.2. The fraction of sp³-hybridized carbons (Fsp3) is 0.312. The third kappa shape index (κ3) is 4.11. The average molecular weight is 364 g/mol. The fourth-order valence-electron chi connectivity index (χ4n) is 2.66. The molecule has 7 nitrogen and oxygen atoms in total. The van der Waals surface area contributed by atoms with Crippen molar-refractivity contribution in [3.63, 3.8) is 0 Å². The smallest absolute Gasteiger partial charge is 0.274 e. The highest BCUT2D eigenvalue weighted by Gasteiger charge is 2.31. The molecule has 1 atom stereocenters. The van der Waals surface area contributed by atoms with Crippen molar-refractivity contribution < 1.29 is 17.6 Å². The second kappa shape index (κ2) is 6.75. The molecule has 1 aromatic carbocycles. The van der Waals surface area contributed by atoms with Crippen LogP contribution in [0.4, 0.5) is 15.9 Å². The van der Waals surface area contributed by atoms with E-state index in [1.807, 2.05) is 0 Å². The van der Waals surface area contributed by atoms with Crippen LogP contribution in [-0.4, -0.2) is 48.9 Å². The Morgan fingerprint density at radius 1 is 1.28 bits per heavy atom. The molecule has 0 aliphatic carbocycles. The Kier molecular flexibility index (Phi) is 4.67. The number of hydrogen-bond donors (Lipinski definition) is 1. The van der Waals surface area contributed by atoms with Crippen LogP contribution in [0.15, 0.2) is 36.7 Å². The number of sulfone groups is 1. The van der Waals surface area contributed by atoms with Crippen LogP contribution in [0.1, 0.15) is 16.9 Å². The fourth-order valence-corrected chi connectivity index (χ4v) is 4.43. The summed E-state index contributed by atoms with van der Waals surface area (Å²) in [5.41, 5.74) is 0.587. The van der Waals surface area contributed by atoms with Crippen molar-refractivity contribution >= 4 is 27.2 Å². The lowest BCUT2D eigenvalue weighted by Crippen LogP contribution is -2.33. The predicted molar refractivity (Wildman–Crippen MR) is 91.8 cm³/mol. The van der Waals surface area contributed by atoms with Crippen LogP contribution in [0.25, 0.3) is 0 Å². The van der Waals surface area contributed by atoms with Crippen molar-refractivity contribution in [2.24, 2.45) is 0 Å². The number of nitrogens with one attached hydrogen (secondary N) is 1. The standard InChI is InChI=1S/C16H17FN4O3S/c1-21(13-6-7-25(23,24)9-13)15-8-14(18-10-19-15)16(22)20-12-4-2-11(17)3-5-12/h2-5,8,10,13H,6-7,9H2,1H3,(H,20,22). The number of halogens is 1. The first-order valence-corrected chi connectivity index (χ1v) is 9.48. The Morgan fingerprint density at radius 2 is 2.00 bits per heavy atom. The van der Waals surface area contributed by atoms with Crippen molar-refractivity contribution in [2.75, 3.05) is 28.8 Å². The molecular weight excluding hydrogens is 347 g/mol. The zero-order valence-electron chi connectivity index (χ0n) is 13.5. The van der Waals surface area contributed by atoms with E-state index >= 15 is 0 Å². The van der Waals surface area contributed by atoms with Gasteiger partial charge in [0.05, 0.1) is 11.5 Å². The Balaban J connectivity index is 1.74. The highest BCUT2D eigenvalue weighted by Crippen LogP contribution is 2.21. The highest BCUT2D eigenvalue weighted by atomic mass is 32.2. The molecule has 0 radical (unpaired) electrons. The van der Waals surface area contributed by atoms with Crippen molar-refractivity contribution in [1.29, 1.82) is 0 Å². The van der Waals surface area contributed by atoms with E-state index in [2.05, 4.69) is 15.3 Å².